The number of benzene rings is 1. The van der Waals surface area contributed by atoms with E-state index < -0.39 is 0 Å². The second-order valence-corrected chi connectivity index (χ2v) is 7.41. The summed E-state index contributed by atoms with van der Waals surface area (Å²) in [5.74, 6) is 0.587. The molecule has 0 radical (unpaired) electrons. The Hall–Kier alpha value is -3.60. The van der Waals surface area contributed by atoms with E-state index in [0.29, 0.717) is 43.2 Å². The highest BCUT2D eigenvalue weighted by Crippen LogP contribution is 2.29. The average molecular weight is 406 g/mol. The molecule has 3 heterocycles. The van der Waals surface area contributed by atoms with E-state index >= 15 is 0 Å². The van der Waals surface area contributed by atoms with Gasteiger partial charge < -0.3 is 19.3 Å². The Labute approximate surface area is 174 Å². The highest BCUT2D eigenvalue weighted by Gasteiger charge is 2.39. The Kier molecular flexibility index (Phi) is 5.53. The number of ether oxygens (including phenoxy) is 2. The van der Waals surface area contributed by atoms with Gasteiger partial charge in [-0.05, 0) is 18.2 Å². The monoisotopic (exact) mass is 406 g/mol. The van der Waals surface area contributed by atoms with Crippen LogP contribution in [0.15, 0.2) is 42.6 Å². The molecule has 8 heteroatoms. The van der Waals surface area contributed by atoms with Gasteiger partial charge in [-0.2, -0.15) is 5.26 Å². The molecule has 2 aliphatic rings. The largest absolute Gasteiger partial charge is 0.497 e. The van der Waals surface area contributed by atoms with E-state index in [0.717, 1.165) is 5.69 Å². The van der Waals surface area contributed by atoms with Crippen LogP contribution < -0.4 is 14.4 Å². The third kappa shape index (κ3) is 4.06. The van der Waals surface area contributed by atoms with Crippen molar-refractivity contribution in [1.82, 2.24) is 9.88 Å². The lowest BCUT2D eigenvalue weighted by molar-refractivity contribution is -0.135. The Morgan fingerprint density at radius 2 is 2.13 bits per heavy atom. The van der Waals surface area contributed by atoms with Crippen LogP contribution in [0.25, 0.3) is 0 Å². The van der Waals surface area contributed by atoms with E-state index in [9.17, 15) is 9.59 Å². The number of methoxy groups -OCH3 is 1. The Morgan fingerprint density at radius 1 is 1.27 bits per heavy atom. The van der Waals surface area contributed by atoms with Crippen LogP contribution in [0.4, 0.5) is 5.69 Å². The molecular weight excluding hydrogens is 384 g/mol. The van der Waals surface area contributed by atoms with E-state index in [1.165, 1.54) is 6.20 Å². The Morgan fingerprint density at radius 3 is 2.93 bits per heavy atom. The van der Waals surface area contributed by atoms with Crippen LogP contribution in [0.5, 0.6) is 11.6 Å². The van der Waals surface area contributed by atoms with Crippen LogP contribution in [0.2, 0.25) is 0 Å². The molecule has 2 atom stereocenters. The molecule has 2 fully saturated rings. The fraction of sp³-hybridized carbons (Fsp3) is 0.364. The van der Waals surface area contributed by atoms with Crippen molar-refractivity contribution in [2.75, 3.05) is 31.6 Å². The van der Waals surface area contributed by atoms with Crippen LogP contribution in [0, 0.1) is 17.2 Å². The molecule has 2 aliphatic heterocycles. The first-order valence-electron chi connectivity index (χ1n) is 9.83. The first kappa shape index (κ1) is 19.7. The van der Waals surface area contributed by atoms with Crippen LogP contribution in [0.3, 0.4) is 0 Å². The van der Waals surface area contributed by atoms with Gasteiger partial charge in [0.25, 0.3) is 0 Å². The lowest BCUT2D eigenvalue weighted by Gasteiger charge is -2.21. The molecule has 30 heavy (non-hydrogen) atoms. The van der Waals surface area contributed by atoms with E-state index in [1.807, 2.05) is 18.2 Å². The number of nitriles is 1. The molecule has 0 saturated carbocycles. The number of anilines is 1. The van der Waals surface area contributed by atoms with Crippen LogP contribution in [-0.2, 0) is 9.59 Å². The lowest BCUT2D eigenvalue weighted by atomic mass is 10.1. The predicted molar refractivity (Wildman–Crippen MR) is 108 cm³/mol. The maximum absolute atomic E-state index is 13.0. The van der Waals surface area contributed by atoms with E-state index in [1.54, 1.807) is 35.1 Å². The summed E-state index contributed by atoms with van der Waals surface area (Å²) in [6.07, 6.45) is 2.24. The third-order valence-corrected chi connectivity index (χ3v) is 5.45. The van der Waals surface area contributed by atoms with Gasteiger partial charge in [-0.25, -0.2) is 4.98 Å². The minimum absolute atomic E-state index is 0.0291. The van der Waals surface area contributed by atoms with E-state index in [-0.39, 0.29) is 30.3 Å². The first-order valence-corrected chi connectivity index (χ1v) is 9.83. The number of likely N-dealkylation sites (tertiary alicyclic amines) is 1. The van der Waals surface area contributed by atoms with Crippen molar-refractivity contribution in [3.8, 4) is 17.7 Å². The molecule has 1 aromatic carbocycles. The van der Waals surface area contributed by atoms with Gasteiger partial charge in [0.1, 0.15) is 11.9 Å². The zero-order chi connectivity index (χ0) is 21.1. The summed E-state index contributed by atoms with van der Waals surface area (Å²) in [4.78, 5) is 33.1. The maximum atomic E-state index is 13.0. The fourth-order valence-corrected chi connectivity index (χ4v) is 3.90. The number of aromatic nitrogens is 1. The Bertz CT molecular complexity index is 1000. The molecule has 2 unspecified atom stereocenters. The smallest absolute Gasteiger partial charge is 0.228 e. The average Bonchev–Trinajstić information content (AvgIpc) is 3.40. The number of hydrogen-bond donors (Lipinski definition) is 0. The molecule has 2 saturated heterocycles. The zero-order valence-electron chi connectivity index (χ0n) is 16.7. The molecular formula is C22H22N4O4. The summed E-state index contributed by atoms with van der Waals surface area (Å²) in [6.45, 7) is 1.38. The number of hydrogen-bond acceptors (Lipinski definition) is 6. The SMILES string of the molecule is COc1cccc(N2CC(C(=O)N3CCC(Oc4cc(C#N)ccn4)C3)CC2=O)c1. The number of pyridine rings is 1. The van der Waals surface area contributed by atoms with Crippen LogP contribution in [-0.4, -0.2) is 54.5 Å². The molecule has 2 amide bonds. The summed E-state index contributed by atoms with van der Waals surface area (Å²) < 4.78 is 11.1. The molecule has 4 rings (SSSR count). The minimum atomic E-state index is -0.373. The molecule has 0 aliphatic carbocycles. The van der Waals surface area contributed by atoms with Gasteiger partial charge in [-0.3, -0.25) is 9.59 Å². The highest BCUT2D eigenvalue weighted by molar-refractivity contribution is 6.00. The maximum Gasteiger partial charge on any atom is 0.228 e. The van der Waals surface area contributed by atoms with Crippen molar-refractivity contribution in [3.05, 3.63) is 48.2 Å². The zero-order valence-corrected chi connectivity index (χ0v) is 16.7. The van der Waals surface area contributed by atoms with E-state index in [4.69, 9.17) is 14.7 Å². The van der Waals surface area contributed by atoms with Crippen molar-refractivity contribution >= 4 is 17.5 Å². The van der Waals surface area contributed by atoms with Gasteiger partial charge in [0, 0.05) is 49.9 Å². The summed E-state index contributed by atoms with van der Waals surface area (Å²) in [7, 11) is 1.58. The predicted octanol–water partition coefficient (Wildman–Crippen LogP) is 1.99. The van der Waals surface area contributed by atoms with Crippen molar-refractivity contribution in [3.63, 3.8) is 0 Å². The van der Waals surface area contributed by atoms with Gasteiger partial charge >= 0.3 is 0 Å². The number of nitrogens with zero attached hydrogens (tertiary/aromatic N) is 4. The minimum Gasteiger partial charge on any atom is -0.497 e. The summed E-state index contributed by atoms with van der Waals surface area (Å²) in [5, 5.41) is 8.99. The topological polar surface area (TPSA) is 95.8 Å². The van der Waals surface area contributed by atoms with Gasteiger partial charge in [0.15, 0.2) is 0 Å². The molecule has 1 aromatic heterocycles. The molecule has 0 bridgehead atoms. The first-order chi connectivity index (χ1) is 14.6. The van der Waals surface area contributed by atoms with Crippen LogP contribution in [0.1, 0.15) is 18.4 Å². The molecule has 2 aromatic rings. The molecule has 8 nitrogen and oxygen atoms in total. The standard InChI is InChI=1S/C22H22N4O4/c1-29-18-4-2-3-17(11-18)26-13-16(10-21(26)27)22(28)25-8-6-19(14-25)30-20-9-15(12-23)5-7-24-20/h2-5,7,9,11,16,19H,6,8,10,13-14H2,1H3. The molecule has 154 valence electrons. The van der Waals surface area contributed by atoms with Gasteiger partial charge in [-0.1, -0.05) is 6.07 Å². The Balaban J connectivity index is 1.37. The highest BCUT2D eigenvalue weighted by atomic mass is 16.5. The fourth-order valence-electron chi connectivity index (χ4n) is 3.90. The second-order valence-electron chi connectivity index (χ2n) is 7.41. The number of carbonyl (C=O) groups is 2. The number of rotatable bonds is 5. The quantitative estimate of drug-likeness (QED) is 0.754. The van der Waals surface area contributed by atoms with Gasteiger partial charge in [-0.15, -0.1) is 0 Å². The summed E-state index contributed by atoms with van der Waals surface area (Å²) in [6, 6.07) is 12.5. The van der Waals surface area contributed by atoms with Crippen molar-refractivity contribution in [2.45, 2.75) is 18.9 Å². The van der Waals surface area contributed by atoms with Crippen LogP contribution >= 0.6 is 0 Å². The lowest BCUT2D eigenvalue weighted by Crippen LogP contribution is -2.37. The van der Waals surface area contributed by atoms with Crippen molar-refractivity contribution < 1.29 is 19.1 Å². The molecule has 0 spiro atoms. The molecule has 0 N–H and O–H groups in total. The van der Waals surface area contributed by atoms with Gasteiger partial charge in [0.05, 0.1) is 31.2 Å². The van der Waals surface area contributed by atoms with E-state index in [2.05, 4.69) is 11.1 Å². The van der Waals surface area contributed by atoms with Crippen molar-refractivity contribution in [2.24, 2.45) is 5.92 Å². The summed E-state index contributed by atoms with van der Waals surface area (Å²) in [5.41, 5.74) is 1.22. The second kappa shape index (κ2) is 8.41. The van der Waals surface area contributed by atoms with Crippen molar-refractivity contribution in [1.29, 1.82) is 5.26 Å². The summed E-state index contributed by atoms with van der Waals surface area (Å²) >= 11 is 0. The normalized spacial score (nSPS) is 20.9. The third-order valence-electron chi connectivity index (χ3n) is 5.45. The number of carbonyl (C=O) groups excluding carboxylic acids is 2. The number of amides is 2. The van der Waals surface area contributed by atoms with Gasteiger partial charge in [0.2, 0.25) is 17.7 Å².